The lowest BCUT2D eigenvalue weighted by Crippen LogP contribution is -2.45. The summed E-state index contributed by atoms with van der Waals surface area (Å²) in [4.78, 5) is 15.2. The second kappa shape index (κ2) is 9.61. The van der Waals surface area contributed by atoms with Crippen molar-refractivity contribution in [1.82, 2.24) is 10.2 Å². The van der Waals surface area contributed by atoms with Crippen molar-refractivity contribution >= 4 is 5.91 Å². The Morgan fingerprint density at radius 3 is 2.61 bits per heavy atom. The fraction of sp³-hybridized carbons (Fsp3) is 0.682. The van der Waals surface area contributed by atoms with Crippen LogP contribution in [0.4, 0.5) is 0 Å². The van der Waals surface area contributed by atoms with Gasteiger partial charge in [-0.05, 0) is 68.8 Å². The molecule has 0 radical (unpaired) electrons. The number of carbonyl (C=O) groups is 1. The minimum Gasteiger partial charge on any atom is -0.486 e. The van der Waals surface area contributed by atoms with Gasteiger partial charge in [0.15, 0.2) is 11.5 Å². The van der Waals surface area contributed by atoms with Crippen LogP contribution in [0.15, 0.2) is 18.2 Å². The topological polar surface area (TPSA) is 60.0 Å². The van der Waals surface area contributed by atoms with E-state index in [0.717, 1.165) is 63.6 Å². The van der Waals surface area contributed by atoms with Crippen molar-refractivity contribution < 1.29 is 19.0 Å². The highest BCUT2D eigenvalue weighted by Crippen LogP contribution is 2.31. The molecule has 2 saturated heterocycles. The number of hydrogen-bond donors (Lipinski definition) is 1. The first kappa shape index (κ1) is 19.5. The fourth-order valence-electron chi connectivity index (χ4n) is 4.44. The number of likely N-dealkylation sites (tertiary alicyclic amines) is 1. The number of hydrogen-bond acceptors (Lipinski definition) is 5. The lowest BCUT2D eigenvalue weighted by atomic mass is 9.96. The molecular weight excluding hydrogens is 356 g/mol. The normalized spacial score (nSPS) is 21.4. The van der Waals surface area contributed by atoms with E-state index in [1.807, 2.05) is 6.07 Å². The molecule has 6 nitrogen and oxygen atoms in total. The second-order valence-corrected chi connectivity index (χ2v) is 8.21. The van der Waals surface area contributed by atoms with E-state index in [-0.39, 0.29) is 11.9 Å². The highest BCUT2D eigenvalue weighted by atomic mass is 16.6. The third kappa shape index (κ3) is 5.39. The van der Waals surface area contributed by atoms with Crippen LogP contribution in [0.3, 0.4) is 0 Å². The van der Waals surface area contributed by atoms with E-state index < -0.39 is 0 Å². The average molecular weight is 389 g/mol. The van der Waals surface area contributed by atoms with Crippen LogP contribution in [0, 0.1) is 5.92 Å². The van der Waals surface area contributed by atoms with Gasteiger partial charge in [0.1, 0.15) is 13.2 Å². The fourth-order valence-corrected chi connectivity index (χ4v) is 4.44. The van der Waals surface area contributed by atoms with E-state index >= 15 is 0 Å². The Morgan fingerprint density at radius 1 is 1.07 bits per heavy atom. The van der Waals surface area contributed by atoms with Gasteiger partial charge in [0.05, 0.1) is 0 Å². The Morgan fingerprint density at radius 2 is 1.82 bits per heavy atom. The van der Waals surface area contributed by atoms with E-state index in [1.54, 1.807) is 0 Å². The summed E-state index contributed by atoms with van der Waals surface area (Å²) in [7, 11) is 0. The summed E-state index contributed by atoms with van der Waals surface area (Å²) in [5.41, 5.74) is 1.18. The lowest BCUT2D eigenvalue weighted by Gasteiger charge is -2.27. The lowest BCUT2D eigenvalue weighted by molar-refractivity contribution is -0.123. The summed E-state index contributed by atoms with van der Waals surface area (Å²) in [5.74, 6) is 2.26. The van der Waals surface area contributed by atoms with Gasteiger partial charge in [-0.2, -0.15) is 0 Å². The smallest absolute Gasteiger partial charge is 0.220 e. The molecule has 0 spiro atoms. The van der Waals surface area contributed by atoms with Crippen LogP contribution in [0.5, 0.6) is 11.5 Å². The van der Waals surface area contributed by atoms with Gasteiger partial charge in [-0.15, -0.1) is 0 Å². The molecule has 3 aliphatic heterocycles. The summed E-state index contributed by atoms with van der Waals surface area (Å²) in [5, 5.41) is 3.33. The van der Waals surface area contributed by atoms with Crippen molar-refractivity contribution in [3.63, 3.8) is 0 Å². The summed E-state index contributed by atoms with van der Waals surface area (Å²) in [6.45, 7) is 5.94. The zero-order chi connectivity index (χ0) is 19.2. The molecule has 28 heavy (non-hydrogen) atoms. The van der Waals surface area contributed by atoms with E-state index in [4.69, 9.17) is 14.2 Å². The molecule has 1 amide bonds. The first-order chi connectivity index (χ1) is 13.8. The van der Waals surface area contributed by atoms with Crippen molar-refractivity contribution in [2.45, 2.75) is 44.6 Å². The quantitative estimate of drug-likeness (QED) is 0.777. The summed E-state index contributed by atoms with van der Waals surface area (Å²) in [6.07, 6.45) is 5.92. The van der Waals surface area contributed by atoms with Crippen molar-refractivity contribution in [1.29, 1.82) is 0 Å². The molecule has 0 aliphatic carbocycles. The minimum atomic E-state index is 0.119. The molecule has 3 aliphatic rings. The average Bonchev–Trinajstić information content (AvgIpc) is 3.21. The van der Waals surface area contributed by atoms with Gasteiger partial charge in [-0.25, -0.2) is 0 Å². The first-order valence-corrected chi connectivity index (χ1v) is 10.7. The molecule has 154 valence electrons. The third-order valence-electron chi connectivity index (χ3n) is 5.95. The zero-order valence-corrected chi connectivity index (χ0v) is 16.7. The Kier molecular flexibility index (Phi) is 6.70. The maximum atomic E-state index is 12.7. The van der Waals surface area contributed by atoms with Gasteiger partial charge in [0.2, 0.25) is 5.91 Å². The van der Waals surface area contributed by atoms with Gasteiger partial charge in [-0.1, -0.05) is 6.07 Å². The van der Waals surface area contributed by atoms with Crippen LogP contribution in [0.25, 0.3) is 0 Å². The molecule has 0 saturated carbocycles. The number of benzene rings is 1. The molecule has 6 heteroatoms. The highest BCUT2D eigenvalue weighted by molar-refractivity contribution is 5.76. The molecule has 1 aromatic rings. The van der Waals surface area contributed by atoms with Crippen molar-refractivity contribution in [2.75, 3.05) is 46.1 Å². The monoisotopic (exact) mass is 388 g/mol. The highest BCUT2D eigenvalue weighted by Gasteiger charge is 2.23. The number of rotatable bonds is 7. The Balaban J connectivity index is 1.38. The Labute approximate surface area is 167 Å². The van der Waals surface area contributed by atoms with Gasteiger partial charge in [0, 0.05) is 32.2 Å². The van der Waals surface area contributed by atoms with Gasteiger partial charge in [0.25, 0.3) is 0 Å². The second-order valence-electron chi connectivity index (χ2n) is 8.21. The zero-order valence-electron chi connectivity index (χ0n) is 16.7. The SMILES string of the molecule is O=C(CC1CCOCC1)N[C@@H](Cc1ccc2c(c1)OCCO2)CN1CCCC1. The standard InChI is InChI=1S/C22H32N2O4/c25-22(15-17-5-9-26-10-6-17)23-19(16-24-7-1-2-8-24)13-18-3-4-20-21(14-18)28-12-11-27-20/h3-4,14,17,19H,1-2,5-13,15-16H2,(H,23,25)/t19-/m0/s1. The number of amides is 1. The van der Waals surface area contributed by atoms with E-state index in [0.29, 0.717) is 25.6 Å². The van der Waals surface area contributed by atoms with E-state index in [2.05, 4.69) is 22.3 Å². The van der Waals surface area contributed by atoms with Crippen LogP contribution >= 0.6 is 0 Å². The largest absolute Gasteiger partial charge is 0.486 e. The molecule has 3 heterocycles. The number of ether oxygens (including phenoxy) is 3. The van der Waals surface area contributed by atoms with Crippen LogP contribution in [0.2, 0.25) is 0 Å². The number of nitrogens with one attached hydrogen (secondary N) is 1. The molecule has 1 atom stereocenters. The molecule has 0 aromatic heterocycles. The number of nitrogens with zero attached hydrogens (tertiary/aromatic N) is 1. The summed E-state index contributed by atoms with van der Waals surface area (Å²) < 4.78 is 16.8. The van der Waals surface area contributed by atoms with Gasteiger partial charge < -0.3 is 24.4 Å². The number of carbonyl (C=O) groups excluding carboxylic acids is 1. The predicted octanol–water partition coefficient (Wildman–Crippen LogP) is 2.40. The maximum Gasteiger partial charge on any atom is 0.220 e. The van der Waals surface area contributed by atoms with Gasteiger partial charge in [-0.3, -0.25) is 4.79 Å². The molecule has 4 rings (SSSR count). The molecular formula is C22H32N2O4. The molecule has 1 N–H and O–H groups in total. The van der Waals surface area contributed by atoms with Crippen molar-refractivity contribution in [3.8, 4) is 11.5 Å². The van der Waals surface area contributed by atoms with Crippen molar-refractivity contribution in [3.05, 3.63) is 23.8 Å². The van der Waals surface area contributed by atoms with Crippen LogP contribution in [0.1, 0.15) is 37.7 Å². The van der Waals surface area contributed by atoms with Crippen LogP contribution < -0.4 is 14.8 Å². The molecule has 0 bridgehead atoms. The predicted molar refractivity (Wildman–Crippen MR) is 107 cm³/mol. The molecule has 0 unspecified atom stereocenters. The summed E-state index contributed by atoms with van der Waals surface area (Å²) in [6, 6.07) is 6.26. The summed E-state index contributed by atoms with van der Waals surface area (Å²) >= 11 is 0. The van der Waals surface area contributed by atoms with E-state index in [9.17, 15) is 4.79 Å². The third-order valence-corrected chi connectivity index (χ3v) is 5.95. The Bertz CT molecular complexity index is 654. The van der Waals surface area contributed by atoms with Gasteiger partial charge >= 0.3 is 0 Å². The van der Waals surface area contributed by atoms with Crippen LogP contribution in [-0.4, -0.2) is 62.9 Å². The van der Waals surface area contributed by atoms with Crippen LogP contribution in [-0.2, 0) is 16.0 Å². The maximum absolute atomic E-state index is 12.7. The van der Waals surface area contributed by atoms with E-state index in [1.165, 1.54) is 18.4 Å². The number of fused-ring (bicyclic) bond motifs is 1. The Hall–Kier alpha value is -1.79. The first-order valence-electron chi connectivity index (χ1n) is 10.7. The molecule has 2 fully saturated rings. The minimum absolute atomic E-state index is 0.119. The van der Waals surface area contributed by atoms with Crippen molar-refractivity contribution in [2.24, 2.45) is 5.92 Å². The molecule has 1 aromatic carbocycles.